The zero-order chi connectivity index (χ0) is 30.0. The normalized spacial score (nSPS) is 17.1. The highest BCUT2D eigenvalue weighted by atomic mass is 35.6. The van der Waals surface area contributed by atoms with Crippen molar-refractivity contribution in [2.45, 2.75) is 27.3 Å². The minimum absolute atomic E-state index is 0.108. The van der Waals surface area contributed by atoms with Crippen LogP contribution in [-0.4, -0.2) is 74.5 Å². The van der Waals surface area contributed by atoms with E-state index >= 15 is 0 Å². The number of likely N-dealkylation sites (tertiary alicyclic amines) is 1. The van der Waals surface area contributed by atoms with Gasteiger partial charge >= 0.3 is 12.1 Å². The van der Waals surface area contributed by atoms with Gasteiger partial charge in [-0.2, -0.15) is 0 Å². The van der Waals surface area contributed by atoms with Gasteiger partial charge in [-0.15, -0.1) is 0 Å². The van der Waals surface area contributed by atoms with E-state index in [0.29, 0.717) is 23.1 Å². The van der Waals surface area contributed by atoms with Crippen LogP contribution in [0.25, 0.3) is 0 Å². The molecule has 3 rings (SSSR count). The second-order valence-electron chi connectivity index (χ2n) is 8.14. The molecule has 0 radical (unpaired) electrons. The number of para-hydroxylation sites is 1. The Morgan fingerprint density at radius 2 is 1.56 bits per heavy atom. The number of carbonyl (C=O) groups excluding carboxylic acids is 5. The van der Waals surface area contributed by atoms with Crippen molar-refractivity contribution in [1.82, 2.24) is 10.2 Å². The highest BCUT2D eigenvalue weighted by molar-refractivity contribution is 8.14. The lowest BCUT2D eigenvalue weighted by atomic mass is 10.1. The number of nitrogens with one attached hydrogen (secondary N) is 1. The molecule has 3 unspecified atom stereocenters. The van der Waals surface area contributed by atoms with Gasteiger partial charge in [0.25, 0.3) is 11.8 Å². The van der Waals surface area contributed by atoms with Gasteiger partial charge in [-0.1, -0.05) is 107 Å². The number of amides is 2. The maximum absolute atomic E-state index is 12.9. The lowest BCUT2D eigenvalue weighted by molar-refractivity contribution is -0.161. The van der Waals surface area contributed by atoms with Gasteiger partial charge in [0.15, 0.2) is 13.2 Å². The molecular weight excluding hydrogens is 646 g/mol. The van der Waals surface area contributed by atoms with Crippen LogP contribution in [0.15, 0.2) is 60.7 Å². The van der Waals surface area contributed by atoms with Crippen LogP contribution in [-0.2, 0) is 40.0 Å². The fourth-order valence-corrected chi connectivity index (χ4v) is 4.81. The monoisotopic (exact) mass is 666 g/mol. The van der Waals surface area contributed by atoms with E-state index in [4.69, 9.17) is 55.9 Å². The molecule has 1 N–H and O–H groups in total. The summed E-state index contributed by atoms with van der Waals surface area (Å²) in [4.78, 5) is 63.2. The van der Waals surface area contributed by atoms with E-state index in [0.717, 1.165) is 4.90 Å². The third-order valence-corrected chi connectivity index (χ3v) is 6.92. The van der Waals surface area contributed by atoms with Crippen LogP contribution >= 0.6 is 58.2 Å². The number of benzene rings is 2. The summed E-state index contributed by atoms with van der Waals surface area (Å²) in [5.74, 6) is -1.95. The number of esters is 1. The van der Waals surface area contributed by atoms with Crippen LogP contribution in [0.4, 0.5) is 4.79 Å². The van der Waals surface area contributed by atoms with Gasteiger partial charge < -0.3 is 24.3 Å². The SMILES string of the molecule is O=C(COc1ccccc1)NC1C(=O)N(C(Cl)C(=O)OCc2ccccc2)C1SC(=O)COC(=O)OCC(Cl)(Cl)Cl. The largest absolute Gasteiger partial charge is 0.508 e. The Balaban J connectivity index is 1.61. The second kappa shape index (κ2) is 15.4. The molecule has 11 nitrogen and oxygen atoms in total. The van der Waals surface area contributed by atoms with Crippen molar-refractivity contribution in [2.24, 2.45) is 0 Å². The van der Waals surface area contributed by atoms with Crippen molar-refractivity contribution in [3.05, 3.63) is 66.2 Å². The van der Waals surface area contributed by atoms with Gasteiger partial charge in [-0.25, -0.2) is 9.59 Å². The number of nitrogens with zero attached hydrogens (tertiary/aromatic N) is 1. The standard InChI is InChI=1S/C25H22Cl4N2O9S/c26-20(23(35)38-11-15-7-3-1-4-8-15)31-21(34)19(30-17(32)12-37-16-9-5-2-6-10-16)22(31)41-18(33)13-39-24(36)40-14-25(27,28)29/h1-10,19-20,22H,11-14H2,(H,30,32). The van der Waals surface area contributed by atoms with E-state index in [1.165, 1.54) is 0 Å². The van der Waals surface area contributed by atoms with E-state index in [-0.39, 0.29) is 6.61 Å². The zero-order valence-corrected chi connectivity index (χ0v) is 24.7. The number of ether oxygens (including phenoxy) is 4. The van der Waals surface area contributed by atoms with E-state index in [2.05, 4.69) is 14.8 Å². The minimum Gasteiger partial charge on any atom is -0.484 e. The van der Waals surface area contributed by atoms with Crippen LogP contribution in [0.3, 0.4) is 0 Å². The zero-order valence-electron chi connectivity index (χ0n) is 20.9. The predicted molar refractivity (Wildman–Crippen MR) is 151 cm³/mol. The quantitative estimate of drug-likeness (QED) is 0.154. The fourth-order valence-electron chi connectivity index (χ4n) is 3.25. The molecule has 2 aromatic carbocycles. The molecule has 0 spiro atoms. The lowest BCUT2D eigenvalue weighted by Crippen LogP contribution is -2.72. The summed E-state index contributed by atoms with van der Waals surface area (Å²) in [5.41, 5.74) is -0.941. The van der Waals surface area contributed by atoms with Crippen molar-refractivity contribution in [2.75, 3.05) is 19.8 Å². The number of alkyl halides is 4. The number of thioether (sulfide) groups is 1. The van der Waals surface area contributed by atoms with Crippen LogP contribution in [0.1, 0.15) is 5.56 Å². The average Bonchev–Trinajstić information content (AvgIpc) is 2.95. The maximum atomic E-state index is 12.9. The minimum atomic E-state index is -1.88. The Morgan fingerprint density at radius 1 is 0.927 bits per heavy atom. The molecule has 1 fully saturated rings. The van der Waals surface area contributed by atoms with E-state index in [1.807, 2.05) is 0 Å². The number of halogens is 4. The smallest absolute Gasteiger partial charge is 0.484 e. The summed E-state index contributed by atoms with van der Waals surface area (Å²) in [5, 5.41) is 0.546. The summed E-state index contributed by atoms with van der Waals surface area (Å²) in [7, 11) is 0. The molecule has 0 bridgehead atoms. The van der Waals surface area contributed by atoms with Crippen molar-refractivity contribution in [3.8, 4) is 5.75 Å². The van der Waals surface area contributed by atoms with E-state index in [1.54, 1.807) is 60.7 Å². The highest BCUT2D eigenvalue weighted by Crippen LogP contribution is 2.34. The number of hydrogen-bond acceptors (Lipinski definition) is 10. The summed E-state index contributed by atoms with van der Waals surface area (Å²) in [6, 6.07) is 16.0. The topological polar surface area (TPSA) is 138 Å². The van der Waals surface area contributed by atoms with Crippen LogP contribution < -0.4 is 10.1 Å². The molecule has 16 heteroatoms. The fraction of sp³-hybridized carbons (Fsp3) is 0.320. The van der Waals surface area contributed by atoms with E-state index in [9.17, 15) is 24.0 Å². The number of β-lactam (4-membered cyclic amide) rings is 1. The van der Waals surface area contributed by atoms with Gasteiger partial charge in [0.1, 0.15) is 30.4 Å². The first-order valence-electron chi connectivity index (χ1n) is 11.6. The predicted octanol–water partition coefficient (Wildman–Crippen LogP) is 3.81. The van der Waals surface area contributed by atoms with Crippen LogP contribution in [0.5, 0.6) is 5.75 Å². The molecule has 1 saturated heterocycles. The van der Waals surface area contributed by atoms with Crippen LogP contribution in [0.2, 0.25) is 0 Å². The first-order chi connectivity index (χ1) is 19.4. The molecule has 3 atom stereocenters. The Hall–Kier alpha value is -2.90. The maximum Gasteiger partial charge on any atom is 0.508 e. The summed E-state index contributed by atoms with van der Waals surface area (Å²) >= 11 is 23.2. The molecular formula is C25H22Cl4N2O9S. The Bertz CT molecular complexity index is 1230. The van der Waals surface area contributed by atoms with Gasteiger partial charge in [-0.3, -0.25) is 19.3 Å². The molecule has 41 heavy (non-hydrogen) atoms. The first kappa shape index (κ1) is 32.6. The third kappa shape index (κ3) is 10.5. The summed E-state index contributed by atoms with van der Waals surface area (Å²) in [6.45, 7) is -1.96. The van der Waals surface area contributed by atoms with Crippen molar-refractivity contribution in [3.63, 3.8) is 0 Å². The third-order valence-electron chi connectivity index (χ3n) is 5.09. The van der Waals surface area contributed by atoms with Crippen molar-refractivity contribution < 1.29 is 42.9 Å². The van der Waals surface area contributed by atoms with Crippen molar-refractivity contribution >= 4 is 87.2 Å². The van der Waals surface area contributed by atoms with Gasteiger partial charge in [-0.05, 0) is 17.7 Å². The second-order valence-corrected chi connectivity index (χ2v) is 12.2. The number of hydrogen-bond donors (Lipinski definition) is 1. The molecule has 0 aromatic heterocycles. The number of rotatable bonds is 12. The molecule has 220 valence electrons. The summed E-state index contributed by atoms with van der Waals surface area (Å²) in [6.07, 6.45) is -1.28. The lowest BCUT2D eigenvalue weighted by Gasteiger charge is -2.47. The van der Waals surface area contributed by atoms with Crippen LogP contribution in [0, 0.1) is 0 Å². The molecule has 1 heterocycles. The molecule has 2 amide bonds. The molecule has 1 aliphatic rings. The van der Waals surface area contributed by atoms with Gasteiger partial charge in [0.05, 0.1) is 0 Å². The van der Waals surface area contributed by atoms with Gasteiger partial charge in [0.2, 0.25) is 14.4 Å². The van der Waals surface area contributed by atoms with Crippen molar-refractivity contribution in [1.29, 1.82) is 0 Å². The Kier molecular flexibility index (Phi) is 12.2. The number of carbonyl (C=O) groups is 5. The van der Waals surface area contributed by atoms with E-state index < -0.39 is 69.6 Å². The molecule has 1 aliphatic heterocycles. The van der Waals surface area contributed by atoms with Gasteiger partial charge in [0, 0.05) is 0 Å². The Labute approximate surface area is 258 Å². The highest BCUT2D eigenvalue weighted by Gasteiger charge is 2.54. The molecule has 0 aliphatic carbocycles. The molecule has 0 saturated carbocycles. The average molecular weight is 668 g/mol. The summed E-state index contributed by atoms with van der Waals surface area (Å²) < 4.78 is 18.0. The first-order valence-corrected chi connectivity index (χ1v) is 14.1. The Morgan fingerprint density at radius 3 is 2.20 bits per heavy atom. The molecule has 2 aromatic rings.